The van der Waals surface area contributed by atoms with Gasteiger partial charge < -0.3 is 25.1 Å². The third kappa shape index (κ3) is 3.19. The fourth-order valence-electron chi connectivity index (χ4n) is 4.32. The Morgan fingerprint density at radius 1 is 0.967 bits per heavy atom. The molecule has 7 heteroatoms. The van der Waals surface area contributed by atoms with Crippen molar-refractivity contribution < 1.29 is 14.7 Å². The third-order valence-electron chi connectivity index (χ3n) is 6.41. The van der Waals surface area contributed by atoms with Crippen LogP contribution in [-0.4, -0.2) is 65.5 Å². The van der Waals surface area contributed by atoms with Gasteiger partial charge in [0.2, 0.25) is 0 Å². The molecule has 1 aliphatic carbocycles. The highest BCUT2D eigenvalue weighted by Gasteiger charge is 2.50. The van der Waals surface area contributed by atoms with Crippen LogP contribution in [0, 0.1) is 0 Å². The van der Waals surface area contributed by atoms with Gasteiger partial charge >= 0.3 is 0 Å². The maximum absolute atomic E-state index is 12.9. The second-order valence-corrected chi connectivity index (χ2v) is 8.41. The number of rotatable bonds is 3. The van der Waals surface area contributed by atoms with Gasteiger partial charge in [0.05, 0.1) is 11.4 Å². The topological polar surface area (TPSA) is 76.1 Å². The molecule has 2 aliphatic heterocycles. The monoisotopic (exact) mass is 406 g/mol. The molecule has 1 unspecified atom stereocenters. The number of fused-ring (bicyclic) bond motifs is 1. The molecule has 2 heterocycles. The van der Waals surface area contributed by atoms with E-state index in [0.29, 0.717) is 44.6 Å². The van der Waals surface area contributed by atoms with Gasteiger partial charge in [-0.1, -0.05) is 24.3 Å². The van der Waals surface area contributed by atoms with Crippen LogP contribution in [0.25, 0.3) is 0 Å². The summed E-state index contributed by atoms with van der Waals surface area (Å²) in [5.41, 5.74) is 2.87. The van der Waals surface area contributed by atoms with E-state index in [9.17, 15) is 14.7 Å². The molecule has 2 aromatic carbocycles. The van der Waals surface area contributed by atoms with Crippen molar-refractivity contribution in [2.75, 3.05) is 43.4 Å². The van der Waals surface area contributed by atoms with Crippen molar-refractivity contribution in [1.82, 2.24) is 9.80 Å². The summed E-state index contributed by atoms with van der Waals surface area (Å²) in [7, 11) is 2.06. The Hall–Kier alpha value is -3.06. The number of nitrogens with one attached hydrogen (secondary N) is 1. The van der Waals surface area contributed by atoms with Crippen molar-refractivity contribution in [1.29, 1.82) is 0 Å². The highest BCUT2D eigenvalue weighted by atomic mass is 16.3. The number of aliphatic hydroxyl groups is 1. The first-order chi connectivity index (χ1) is 14.5. The van der Waals surface area contributed by atoms with Crippen LogP contribution >= 0.6 is 0 Å². The molecule has 2 amide bonds. The maximum Gasteiger partial charge on any atom is 0.254 e. The number of piperazine rings is 1. The molecule has 0 bridgehead atoms. The molecule has 156 valence electrons. The summed E-state index contributed by atoms with van der Waals surface area (Å²) in [4.78, 5) is 30.8. The number of hydrogen-bond acceptors (Lipinski definition) is 5. The number of carbonyl (C=O) groups is 2. The Kier molecular flexibility index (Phi) is 4.43. The van der Waals surface area contributed by atoms with Crippen molar-refractivity contribution in [3.8, 4) is 0 Å². The number of nitrogens with zero attached hydrogens (tertiary/aromatic N) is 3. The average Bonchev–Trinajstić information content (AvgIpc) is 3.46. The van der Waals surface area contributed by atoms with Gasteiger partial charge in [-0.25, -0.2) is 0 Å². The lowest BCUT2D eigenvalue weighted by molar-refractivity contribution is -0.143. The predicted molar refractivity (Wildman–Crippen MR) is 114 cm³/mol. The van der Waals surface area contributed by atoms with E-state index >= 15 is 0 Å². The fraction of sp³-hybridized carbons (Fsp3) is 0.391. The molecule has 2 aromatic rings. The lowest BCUT2D eigenvalue weighted by Gasteiger charge is -2.35. The minimum absolute atomic E-state index is 0.0187. The summed E-state index contributed by atoms with van der Waals surface area (Å²) in [5, 5.41) is 13.5. The van der Waals surface area contributed by atoms with Gasteiger partial charge in [-0.15, -0.1) is 0 Å². The molecule has 0 aromatic heterocycles. The van der Waals surface area contributed by atoms with Crippen LogP contribution in [0.3, 0.4) is 0 Å². The van der Waals surface area contributed by atoms with Crippen LogP contribution in [0.15, 0.2) is 48.5 Å². The van der Waals surface area contributed by atoms with Gasteiger partial charge in [-0.2, -0.15) is 0 Å². The maximum atomic E-state index is 12.9. The third-order valence-corrected chi connectivity index (χ3v) is 6.41. The highest BCUT2D eigenvalue weighted by molar-refractivity contribution is 5.94. The second kappa shape index (κ2) is 7.02. The van der Waals surface area contributed by atoms with Crippen LogP contribution in [0.4, 0.5) is 11.4 Å². The zero-order valence-electron chi connectivity index (χ0n) is 17.0. The predicted octanol–water partition coefficient (Wildman–Crippen LogP) is 2.06. The smallest absolute Gasteiger partial charge is 0.254 e. The van der Waals surface area contributed by atoms with E-state index in [0.717, 1.165) is 16.9 Å². The molecular formula is C23H26N4O3. The SMILES string of the molecule is CN1c2ccccc2NC1c1ccc(C(=O)N2CCN(C(=O)C3(O)CC3)CC2)cc1. The number of para-hydroxylation sites is 2. The van der Waals surface area contributed by atoms with Gasteiger partial charge in [-0.3, -0.25) is 9.59 Å². The van der Waals surface area contributed by atoms with Crippen LogP contribution in [-0.2, 0) is 4.79 Å². The molecule has 3 aliphatic rings. The Bertz CT molecular complexity index is 978. The van der Waals surface area contributed by atoms with Crippen LogP contribution in [0.5, 0.6) is 0 Å². The quantitative estimate of drug-likeness (QED) is 0.816. The summed E-state index contributed by atoms with van der Waals surface area (Å²) in [5.74, 6) is -0.206. The Balaban J connectivity index is 1.22. The Morgan fingerprint density at radius 3 is 2.23 bits per heavy atom. The van der Waals surface area contributed by atoms with Gasteiger partial charge in [0, 0.05) is 38.8 Å². The van der Waals surface area contributed by atoms with E-state index in [1.807, 2.05) is 36.4 Å². The molecule has 5 rings (SSSR count). The van der Waals surface area contributed by atoms with Crippen molar-refractivity contribution >= 4 is 23.2 Å². The lowest BCUT2D eigenvalue weighted by Crippen LogP contribution is -2.53. The highest BCUT2D eigenvalue weighted by Crippen LogP contribution is 2.39. The van der Waals surface area contributed by atoms with Crippen LogP contribution in [0.1, 0.15) is 34.9 Å². The minimum atomic E-state index is -1.14. The van der Waals surface area contributed by atoms with Crippen LogP contribution < -0.4 is 10.2 Å². The van der Waals surface area contributed by atoms with Crippen molar-refractivity contribution in [2.45, 2.75) is 24.6 Å². The fourth-order valence-corrected chi connectivity index (χ4v) is 4.32. The Labute approximate surface area is 175 Å². The molecule has 1 saturated carbocycles. The van der Waals surface area contributed by atoms with Gasteiger partial charge in [0.25, 0.3) is 11.8 Å². The molecule has 2 fully saturated rings. The summed E-state index contributed by atoms with van der Waals surface area (Å²) in [6.45, 7) is 1.93. The number of amides is 2. The molecule has 1 atom stereocenters. The number of benzene rings is 2. The van der Waals surface area contributed by atoms with E-state index in [-0.39, 0.29) is 18.0 Å². The Morgan fingerprint density at radius 2 is 1.60 bits per heavy atom. The summed E-state index contributed by atoms with van der Waals surface area (Å²) in [6, 6.07) is 15.9. The summed E-state index contributed by atoms with van der Waals surface area (Å²) in [6.07, 6.45) is 1.13. The second-order valence-electron chi connectivity index (χ2n) is 8.41. The van der Waals surface area contributed by atoms with E-state index in [4.69, 9.17) is 0 Å². The molecule has 7 nitrogen and oxygen atoms in total. The number of anilines is 2. The standard InChI is InChI=1S/C23H26N4O3/c1-25-19-5-3-2-4-18(19)24-20(25)16-6-8-17(9-7-16)21(28)26-12-14-27(15-13-26)22(29)23(30)10-11-23/h2-9,20,24,30H,10-15H2,1H3. The molecule has 1 saturated heterocycles. The molecule has 2 N–H and O–H groups in total. The largest absolute Gasteiger partial charge is 0.380 e. The van der Waals surface area contributed by atoms with E-state index in [2.05, 4.69) is 29.4 Å². The average molecular weight is 406 g/mol. The first-order valence-electron chi connectivity index (χ1n) is 10.5. The van der Waals surface area contributed by atoms with Gasteiger partial charge in [-0.05, 0) is 42.7 Å². The van der Waals surface area contributed by atoms with Crippen molar-refractivity contribution in [2.24, 2.45) is 0 Å². The number of hydrogen-bond donors (Lipinski definition) is 2. The first kappa shape index (κ1) is 18.9. The zero-order valence-corrected chi connectivity index (χ0v) is 17.0. The normalized spacial score (nSPS) is 21.8. The molecule has 0 radical (unpaired) electrons. The first-order valence-corrected chi connectivity index (χ1v) is 10.5. The van der Waals surface area contributed by atoms with Crippen molar-refractivity contribution in [3.05, 3.63) is 59.7 Å². The summed E-state index contributed by atoms with van der Waals surface area (Å²) < 4.78 is 0. The minimum Gasteiger partial charge on any atom is -0.380 e. The van der Waals surface area contributed by atoms with Crippen LogP contribution in [0.2, 0.25) is 0 Å². The molecule has 30 heavy (non-hydrogen) atoms. The zero-order chi connectivity index (χ0) is 20.9. The van der Waals surface area contributed by atoms with Crippen molar-refractivity contribution in [3.63, 3.8) is 0 Å². The van der Waals surface area contributed by atoms with E-state index < -0.39 is 5.60 Å². The lowest BCUT2D eigenvalue weighted by atomic mass is 10.1. The van der Waals surface area contributed by atoms with E-state index in [1.54, 1.807) is 9.80 Å². The molecular weight excluding hydrogens is 380 g/mol. The van der Waals surface area contributed by atoms with Gasteiger partial charge in [0.1, 0.15) is 11.8 Å². The molecule has 0 spiro atoms. The van der Waals surface area contributed by atoms with E-state index in [1.165, 1.54) is 0 Å². The number of carbonyl (C=O) groups excluding carboxylic acids is 2. The summed E-state index contributed by atoms with van der Waals surface area (Å²) >= 11 is 0. The van der Waals surface area contributed by atoms with Gasteiger partial charge in [0.15, 0.2) is 0 Å².